The third kappa shape index (κ3) is 4.16. The van der Waals surface area contributed by atoms with Crippen molar-refractivity contribution in [2.24, 2.45) is 0 Å². The fraction of sp³-hybridized carbons (Fsp3) is 0.467. The van der Waals surface area contributed by atoms with Crippen molar-refractivity contribution in [1.29, 1.82) is 0 Å². The lowest BCUT2D eigenvalue weighted by atomic mass is 10.1. The van der Waals surface area contributed by atoms with E-state index in [0.717, 1.165) is 28.4 Å². The standard InChI is InChI=1S/C15H19N3O4S/c1-5-21-14(20)13-9(3)16-15(23-13)17-12(19)7-6-11-8(2)18-22-10(11)4/h5-7H2,1-4H3,(H,16,17,19). The Balaban J connectivity index is 1.95. The number of esters is 1. The van der Waals surface area contributed by atoms with Gasteiger partial charge in [-0.3, -0.25) is 4.79 Å². The van der Waals surface area contributed by atoms with E-state index >= 15 is 0 Å². The molecule has 0 radical (unpaired) electrons. The molecule has 0 aromatic carbocycles. The van der Waals surface area contributed by atoms with E-state index in [4.69, 9.17) is 9.26 Å². The molecule has 2 heterocycles. The number of nitrogens with zero attached hydrogens (tertiary/aromatic N) is 2. The molecule has 1 N–H and O–H groups in total. The lowest BCUT2D eigenvalue weighted by molar-refractivity contribution is -0.116. The van der Waals surface area contributed by atoms with Crippen LogP contribution < -0.4 is 5.32 Å². The van der Waals surface area contributed by atoms with Gasteiger partial charge in [-0.15, -0.1) is 0 Å². The first-order chi connectivity index (χ1) is 10.9. The van der Waals surface area contributed by atoms with E-state index in [1.807, 2.05) is 13.8 Å². The van der Waals surface area contributed by atoms with Crippen molar-refractivity contribution in [1.82, 2.24) is 10.1 Å². The predicted octanol–water partition coefficient (Wildman–Crippen LogP) is 2.80. The number of nitrogens with one attached hydrogen (secondary N) is 1. The van der Waals surface area contributed by atoms with Gasteiger partial charge in [0, 0.05) is 12.0 Å². The second-order valence-corrected chi connectivity index (χ2v) is 6.00. The maximum atomic E-state index is 12.0. The van der Waals surface area contributed by atoms with Crippen LogP contribution in [0.5, 0.6) is 0 Å². The van der Waals surface area contributed by atoms with Crippen molar-refractivity contribution >= 4 is 28.3 Å². The Labute approximate surface area is 138 Å². The number of amides is 1. The first kappa shape index (κ1) is 17.1. The first-order valence-electron chi connectivity index (χ1n) is 7.28. The molecule has 0 fully saturated rings. The van der Waals surface area contributed by atoms with E-state index in [-0.39, 0.29) is 12.3 Å². The molecule has 0 aliphatic carbocycles. The highest BCUT2D eigenvalue weighted by molar-refractivity contribution is 7.17. The Morgan fingerprint density at radius 3 is 2.61 bits per heavy atom. The minimum absolute atomic E-state index is 0.172. The summed E-state index contributed by atoms with van der Waals surface area (Å²) in [5.41, 5.74) is 2.29. The fourth-order valence-corrected chi connectivity index (χ4v) is 2.99. The van der Waals surface area contributed by atoms with Gasteiger partial charge < -0.3 is 14.6 Å². The van der Waals surface area contributed by atoms with Crippen LogP contribution in [0.15, 0.2) is 4.52 Å². The first-order valence-corrected chi connectivity index (χ1v) is 8.10. The van der Waals surface area contributed by atoms with Crippen LogP contribution >= 0.6 is 11.3 Å². The van der Waals surface area contributed by atoms with E-state index < -0.39 is 5.97 Å². The largest absolute Gasteiger partial charge is 0.462 e. The summed E-state index contributed by atoms with van der Waals surface area (Å²) in [7, 11) is 0. The predicted molar refractivity (Wildman–Crippen MR) is 85.7 cm³/mol. The number of hydrogen-bond acceptors (Lipinski definition) is 7. The van der Waals surface area contributed by atoms with Crippen LogP contribution in [0.2, 0.25) is 0 Å². The summed E-state index contributed by atoms with van der Waals surface area (Å²) in [6.07, 6.45) is 0.832. The Morgan fingerprint density at radius 2 is 2.00 bits per heavy atom. The number of anilines is 1. The smallest absolute Gasteiger partial charge is 0.350 e. The molecular formula is C15H19N3O4S. The third-order valence-electron chi connectivity index (χ3n) is 3.29. The van der Waals surface area contributed by atoms with Gasteiger partial charge in [-0.25, -0.2) is 9.78 Å². The molecule has 0 atom stereocenters. The van der Waals surface area contributed by atoms with Gasteiger partial charge in [0.15, 0.2) is 5.13 Å². The zero-order valence-corrected chi connectivity index (χ0v) is 14.4. The summed E-state index contributed by atoms with van der Waals surface area (Å²) in [5.74, 6) is 0.137. The summed E-state index contributed by atoms with van der Waals surface area (Å²) < 4.78 is 10.0. The topological polar surface area (TPSA) is 94.3 Å². The lowest BCUT2D eigenvalue weighted by Crippen LogP contribution is -2.12. The number of carbonyl (C=O) groups is 2. The second-order valence-electron chi connectivity index (χ2n) is 5.00. The molecule has 0 spiro atoms. The normalized spacial score (nSPS) is 10.6. The van der Waals surface area contributed by atoms with E-state index in [2.05, 4.69) is 15.5 Å². The van der Waals surface area contributed by atoms with Gasteiger partial charge in [-0.05, 0) is 34.1 Å². The molecule has 0 saturated carbocycles. The van der Waals surface area contributed by atoms with Gasteiger partial charge in [-0.1, -0.05) is 16.5 Å². The van der Waals surface area contributed by atoms with Crippen LogP contribution in [-0.4, -0.2) is 28.6 Å². The van der Waals surface area contributed by atoms with E-state index in [1.165, 1.54) is 0 Å². The minimum atomic E-state index is -0.418. The molecule has 2 aromatic heterocycles. The van der Waals surface area contributed by atoms with Crippen molar-refractivity contribution in [2.45, 2.75) is 40.5 Å². The molecule has 0 unspecified atom stereocenters. The molecule has 23 heavy (non-hydrogen) atoms. The summed E-state index contributed by atoms with van der Waals surface area (Å²) >= 11 is 1.12. The van der Waals surface area contributed by atoms with Gasteiger partial charge in [0.2, 0.25) is 5.91 Å². The summed E-state index contributed by atoms with van der Waals surface area (Å²) in [6, 6.07) is 0. The average Bonchev–Trinajstić information content (AvgIpc) is 3.00. The van der Waals surface area contributed by atoms with Gasteiger partial charge >= 0.3 is 5.97 Å². The molecule has 8 heteroatoms. The lowest BCUT2D eigenvalue weighted by Gasteiger charge is -2.01. The average molecular weight is 337 g/mol. The highest BCUT2D eigenvalue weighted by atomic mass is 32.1. The number of aryl methyl sites for hydroxylation is 3. The molecule has 0 aliphatic rings. The van der Waals surface area contributed by atoms with Gasteiger partial charge in [0.25, 0.3) is 0 Å². The SMILES string of the molecule is CCOC(=O)c1sc(NC(=O)CCc2c(C)noc2C)nc1C. The van der Waals surface area contributed by atoms with Crippen LogP contribution in [0.25, 0.3) is 0 Å². The number of ether oxygens (including phenoxy) is 1. The zero-order valence-electron chi connectivity index (χ0n) is 13.6. The van der Waals surface area contributed by atoms with Crippen LogP contribution in [0, 0.1) is 20.8 Å². The monoisotopic (exact) mass is 337 g/mol. The van der Waals surface area contributed by atoms with Crippen molar-refractivity contribution in [3.8, 4) is 0 Å². The molecular weight excluding hydrogens is 318 g/mol. The quantitative estimate of drug-likeness (QED) is 0.815. The van der Waals surface area contributed by atoms with Crippen molar-refractivity contribution < 1.29 is 18.8 Å². The van der Waals surface area contributed by atoms with E-state index in [9.17, 15) is 9.59 Å². The number of carbonyl (C=O) groups excluding carboxylic acids is 2. The molecule has 0 aliphatic heterocycles. The second kappa shape index (κ2) is 7.36. The number of aromatic nitrogens is 2. The summed E-state index contributed by atoms with van der Waals surface area (Å²) in [4.78, 5) is 28.4. The fourth-order valence-electron chi connectivity index (χ4n) is 2.12. The Kier molecular flexibility index (Phi) is 5.49. The zero-order chi connectivity index (χ0) is 17.0. The van der Waals surface area contributed by atoms with Crippen molar-refractivity contribution in [2.75, 3.05) is 11.9 Å². The molecule has 124 valence electrons. The Bertz CT molecular complexity index is 701. The third-order valence-corrected chi connectivity index (χ3v) is 4.34. The number of thiazole rings is 1. The molecule has 2 rings (SSSR count). The van der Waals surface area contributed by atoms with Gasteiger partial charge in [-0.2, -0.15) is 0 Å². The Morgan fingerprint density at radius 1 is 1.26 bits per heavy atom. The molecule has 1 amide bonds. The molecule has 0 saturated heterocycles. The highest BCUT2D eigenvalue weighted by Gasteiger charge is 2.18. The van der Waals surface area contributed by atoms with E-state index in [1.54, 1.807) is 13.8 Å². The van der Waals surface area contributed by atoms with Crippen molar-refractivity contribution in [3.63, 3.8) is 0 Å². The maximum Gasteiger partial charge on any atom is 0.350 e. The maximum absolute atomic E-state index is 12.0. The van der Waals surface area contributed by atoms with Crippen LogP contribution in [0.1, 0.15) is 45.7 Å². The molecule has 2 aromatic rings. The van der Waals surface area contributed by atoms with Gasteiger partial charge in [0.1, 0.15) is 10.6 Å². The summed E-state index contributed by atoms with van der Waals surface area (Å²) in [6.45, 7) is 7.42. The van der Waals surface area contributed by atoms with Crippen LogP contribution in [0.3, 0.4) is 0 Å². The molecule has 0 bridgehead atoms. The highest BCUT2D eigenvalue weighted by Crippen LogP contribution is 2.24. The van der Waals surface area contributed by atoms with Crippen LogP contribution in [-0.2, 0) is 16.0 Å². The van der Waals surface area contributed by atoms with E-state index in [0.29, 0.717) is 28.7 Å². The van der Waals surface area contributed by atoms with Crippen molar-refractivity contribution in [3.05, 3.63) is 27.6 Å². The number of hydrogen-bond donors (Lipinski definition) is 1. The van der Waals surface area contributed by atoms with Crippen LogP contribution in [0.4, 0.5) is 5.13 Å². The minimum Gasteiger partial charge on any atom is -0.462 e. The molecule has 7 nitrogen and oxygen atoms in total. The van der Waals surface area contributed by atoms with Gasteiger partial charge in [0.05, 0.1) is 18.0 Å². The summed E-state index contributed by atoms with van der Waals surface area (Å²) in [5, 5.41) is 6.97. The Hall–Kier alpha value is -2.22. The number of rotatable bonds is 6.